The van der Waals surface area contributed by atoms with Gasteiger partial charge in [-0.15, -0.1) is 0 Å². The number of likely N-dealkylation sites (N-methyl/N-ethyl adjacent to an activating group) is 2. The topological polar surface area (TPSA) is 47.4 Å². The minimum Gasteiger partial charge on any atom is -0.492 e. The Morgan fingerprint density at radius 2 is 1.38 bits per heavy atom. The fourth-order valence-corrected chi connectivity index (χ4v) is 3.19. The SMILES string of the molecule is CCNCCOc1ccc2c(c1)c1ccc(OCCNCC)cc1n2C. The van der Waals surface area contributed by atoms with Gasteiger partial charge in [0, 0.05) is 42.5 Å². The third kappa shape index (κ3) is 4.11. The van der Waals surface area contributed by atoms with E-state index in [9.17, 15) is 0 Å². The number of rotatable bonds is 10. The molecule has 0 fully saturated rings. The van der Waals surface area contributed by atoms with Crippen LogP contribution in [-0.2, 0) is 7.05 Å². The minimum atomic E-state index is 0.674. The Bertz CT molecular complexity index is 857. The molecular formula is C21H29N3O2. The first-order valence-electron chi connectivity index (χ1n) is 9.43. The van der Waals surface area contributed by atoms with Crippen molar-refractivity contribution in [2.45, 2.75) is 13.8 Å². The number of ether oxygens (including phenoxy) is 2. The number of nitrogens with one attached hydrogen (secondary N) is 2. The lowest BCUT2D eigenvalue weighted by Gasteiger charge is -2.07. The molecule has 0 spiro atoms. The number of aromatic nitrogens is 1. The minimum absolute atomic E-state index is 0.674. The third-order valence-corrected chi connectivity index (χ3v) is 4.55. The Labute approximate surface area is 155 Å². The van der Waals surface area contributed by atoms with Gasteiger partial charge in [0.2, 0.25) is 0 Å². The molecule has 0 saturated carbocycles. The first-order chi connectivity index (χ1) is 12.7. The van der Waals surface area contributed by atoms with Gasteiger partial charge < -0.3 is 24.7 Å². The number of fused-ring (bicyclic) bond motifs is 3. The van der Waals surface area contributed by atoms with Crippen LogP contribution in [0.25, 0.3) is 21.8 Å². The summed E-state index contributed by atoms with van der Waals surface area (Å²) in [6.45, 7) is 9.19. The van der Waals surface area contributed by atoms with Gasteiger partial charge in [0.25, 0.3) is 0 Å². The highest BCUT2D eigenvalue weighted by Crippen LogP contribution is 2.33. The molecule has 1 aromatic heterocycles. The Balaban J connectivity index is 1.82. The summed E-state index contributed by atoms with van der Waals surface area (Å²) in [6, 6.07) is 12.6. The highest BCUT2D eigenvalue weighted by Gasteiger charge is 2.10. The van der Waals surface area contributed by atoms with Crippen LogP contribution in [0.1, 0.15) is 13.8 Å². The lowest BCUT2D eigenvalue weighted by molar-refractivity contribution is 0.315. The highest BCUT2D eigenvalue weighted by molar-refractivity contribution is 6.08. The fourth-order valence-electron chi connectivity index (χ4n) is 3.19. The van der Waals surface area contributed by atoms with E-state index in [1.54, 1.807) is 0 Å². The molecule has 140 valence electrons. The van der Waals surface area contributed by atoms with Crippen LogP contribution in [0.5, 0.6) is 11.5 Å². The Morgan fingerprint density at radius 1 is 0.769 bits per heavy atom. The molecular weight excluding hydrogens is 326 g/mol. The first kappa shape index (κ1) is 18.5. The molecule has 0 atom stereocenters. The van der Waals surface area contributed by atoms with Crippen molar-refractivity contribution < 1.29 is 9.47 Å². The van der Waals surface area contributed by atoms with Crippen LogP contribution in [0, 0.1) is 0 Å². The van der Waals surface area contributed by atoms with Gasteiger partial charge in [-0.25, -0.2) is 0 Å². The van der Waals surface area contributed by atoms with Crippen molar-refractivity contribution in [3.8, 4) is 11.5 Å². The van der Waals surface area contributed by atoms with E-state index in [0.717, 1.165) is 37.7 Å². The molecule has 0 aliphatic carbocycles. The summed E-state index contributed by atoms with van der Waals surface area (Å²) in [4.78, 5) is 0. The second kappa shape index (κ2) is 8.92. The molecule has 0 aliphatic heterocycles. The summed E-state index contributed by atoms with van der Waals surface area (Å²) in [6.07, 6.45) is 0. The molecule has 0 radical (unpaired) electrons. The number of hydrogen-bond donors (Lipinski definition) is 2. The normalized spacial score (nSPS) is 11.3. The maximum absolute atomic E-state index is 5.87. The van der Waals surface area contributed by atoms with Crippen molar-refractivity contribution in [3.63, 3.8) is 0 Å². The summed E-state index contributed by atoms with van der Waals surface area (Å²) in [5.41, 5.74) is 2.37. The second-order valence-electron chi connectivity index (χ2n) is 6.32. The second-order valence-corrected chi connectivity index (χ2v) is 6.32. The van der Waals surface area contributed by atoms with Crippen molar-refractivity contribution >= 4 is 21.8 Å². The van der Waals surface area contributed by atoms with Gasteiger partial charge in [0.1, 0.15) is 24.7 Å². The average molecular weight is 355 g/mol. The molecule has 0 saturated heterocycles. The number of hydrogen-bond acceptors (Lipinski definition) is 4. The van der Waals surface area contributed by atoms with Gasteiger partial charge in [-0.1, -0.05) is 13.8 Å². The molecule has 5 heteroatoms. The van der Waals surface area contributed by atoms with Crippen LogP contribution >= 0.6 is 0 Å². The van der Waals surface area contributed by atoms with Crippen LogP contribution in [0.4, 0.5) is 0 Å². The predicted molar refractivity (Wildman–Crippen MR) is 109 cm³/mol. The van der Waals surface area contributed by atoms with Gasteiger partial charge in [-0.05, 0) is 43.4 Å². The zero-order chi connectivity index (χ0) is 18.4. The van der Waals surface area contributed by atoms with Crippen molar-refractivity contribution in [2.75, 3.05) is 39.4 Å². The largest absolute Gasteiger partial charge is 0.492 e. The molecule has 3 aromatic rings. The van der Waals surface area contributed by atoms with Crippen molar-refractivity contribution in [1.29, 1.82) is 0 Å². The zero-order valence-electron chi connectivity index (χ0n) is 16.0. The summed E-state index contributed by atoms with van der Waals surface area (Å²) in [5.74, 6) is 1.82. The Kier molecular flexibility index (Phi) is 6.36. The number of benzene rings is 2. The fraction of sp³-hybridized carbons (Fsp3) is 0.429. The average Bonchev–Trinajstić information content (AvgIpc) is 2.94. The monoisotopic (exact) mass is 355 g/mol. The van der Waals surface area contributed by atoms with Crippen LogP contribution in [0.2, 0.25) is 0 Å². The summed E-state index contributed by atoms with van der Waals surface area (Å²) < 4.78 is 13.9. The molecule has 0 amide bonds. The molecule has 26 heavy (non-hydrogen) atoms. The van der Waals surface area contributed by atoms with E-state index >= 15 is 0 Å². The van der Waals surface area contributed by atoms with Crippen LogP contribution in [0.3, 0.4) is 0 Å². The Morgan fingerprint density at radius 3 is 2.04 bits per heavy atom. The predicted octanol–water partition coefficient (Wildman–Crippen LogP) is 3.31. The molecule has 5 nitrogen and oxygen atoms in total. The quantitative estimate of drug-likeness (QED) is 0.548. The summed E-state index contributed by atoms with van der Waals surface area (Å²) in [5, 5.41) is 8.98. The molecule has 3 rings (SSSR count). The van der Waals surface area contributed by atoms with Gasteiger partial charge in [-0.2, -0.15) is 0 Å². The van der Waals surface area contributed by atoms with Gasteiger partial charge in [0.05, 0.1) is 5.52 Å². The van der Waals surface area contributed by atoms with E-state index in [1.807, 2.05) is 12.1 Å². The highest BCUT2D eigenvalue weighted by atomic mass is 16.5. The Hall–Kier alpha value is -2.24. The van der Waals surface area contributed by atoms with E-state index in [0.29, 0.717) is 13.2 Å². The van der Waals surface area contributed by atoms with Gasteiger partial charge in [-0.3, -0.25) is 0 Å². The van der Waals surface area contributed by atoms with Crippen LogP contribution in [-0.4, -0.2) is 44.0 Å². The van der Waals surface area contributed by atoms with E-state index in [4.69, 9.17) is 9.47 Å². The van der Waals surface area contributed by atoms with Crippen molar-refractivity contribution in [1.82, 2.24) is 15.2 Å². The van der Waals surface area contributed by atoms with E-state index < -0.39 is 0 Å². The van der Waals surface area contributed by atoms with Crippen molar-refractivity contribution in [3.05, 3.63) is 36.4 Å². The van der Waals surface area contributed by atoms with Gasteiger partial charge in [0.15, 0.2) is 0 Å². The molecule has 2 N–H and O–H groups in total. The first-order valence-corrected chi connectivity index (χ1v) is 9.43. The summed E-state index contributed by atoms with van der Waals surface area (Å²) in [7, 11) is 2.10. The lowest BCUT2D eigenvalue weighted by Crippen LogP contribution is -2.20. The lowest BCUT2D eigenvalue weighted by atomic mass is 10.1. The molecule has 1 heterocycles. The van der Waals surface area contributed by atoms with E-state index in [-0.39, 0.29) is 0 Å². The molecule has 2 aromatic carbocycles. The molecule has 0 aliphatic rings. The standard InChI is InChI=1S/C21H29N3O2/c1-4-22-10-12-25-16-7-9-20-19(14-16)18-8-6-17(15-21(18)24(20)3)26-13-11-23-5-2/h6-9,14-15,22-23H,4-5,10-13H2,1-3H3. The maximum atomic E-state index is 5.87. The molecule has 0 bridgehead atoms. The maximum Gasteiger partial charge on any atom is 0.121 e. The third-order valence-electron chi connectivity index (χ3n) is 4.55. The zero-order valence-corrected chi connectivity index (χ0v) is 16.0. The number of aryl methyl sites for hydroxylation is 1. The van der Waals surface area contributed by atoms with Crippen LogP contribution < -0.4 is 20.1 Å². The van der Waals surface area contributed by atoms with Crippen molar-refractivity contribution in [2.24, 2.45) is 7.05 Å². The number of nitrogens with zero attached hydrogens (tertiary/aromatic N) is 1. The van der Waals surface area contributed by atoms with Gasteiger partial charge >= 0.3 is 0 Å². The van der Waals surface area contributed by atoms with E-state index in [2.05, 4.69) is 60.4 Å². The van der Waals surface area contributed by atoms with Crippen LogP contribution in [0.15, 0.2) is 36.4 Å². The smallest absolute Gasteiger partial charge is 0.121 e. The molecule has 0 unspecified atom stereocenters. The van der Waals surface area contributed by atoms with E-state index in [1.165, 1.54) is 21.8 Å². The summed E-state index contributed by atoms with van der Waals surface area (Å²) >= 11 is 0.